The minimum absolute atomic E-state index is 0.00262. The van der Waals surface area contributed by atoms with Gasteiger partial charge >= 0.3 is 11.9 Å². The largest absolute Gasteiger partial charge is 0.480 e. The summed E-state index contributed by atoms with van der Waals surface area (Å²) >= 11 is 0. The summed E-state index contributed by atoms with van der Waals surface area (Å²) in [5.74, 6) is -2.18. The van der Waals surface area contributed by atoms with Gasteiger partial charge in [-0.1, -0.05) is 18.2 Å². The van der Waals surface area contributed by atoms with Crippen LogP contribution >= 0.6 is 0 Å². The third kappa shape index (κ3) is 8.59. The molecule has 0 aromatic rings. The van der Waals surface area contributed by atoms with Crippen molar-refractivity contribution in [1.82, 2.24) is 5.32 Å². The Morgan fingerprint density at radius 3 is 2.53 bits per heavy atom. The molecule has 0 bridgehead atoms. The highest BCUT2D eigenvalue weighted by atomic mass is 16.5. The van der Waals surface area contributed by atoms with Crippen molar-refractivity contribution in [2.24, 2.45) is 0 Å². The molecule has 0 heterocycles. The van der Waals surface area contributed by atoms with Gasteiger partial charge in [0, 0.05) is 12.5 Å². The van der Waals surface area contributed by atoms with Crippen molar-refractivity contribution in [2.75, 3.05) is 6.61 Å². The SMILES string of the molecule is CC=C/C=C/C(=O)N[C@@H](CCC(=O)OCC)C(=O)O. The Hall–Kier alpha value is -2.11. The number of rotatable bonds is 8. The van der Waals surface area contributed by atoms with Gasteiger partial charge in [0.1, 0.15) is 6.04 Å². The van der Waals surface area contributed by atoms with E-state index in [1.165, 1.54) is 12.2 Å². The molecular formula is C13H19NO5. The molecule has 0 fully saturated rings. The van der Waals surface area contributed by atoms with Gasteiger partial charge in [0.2, 0.25) is 5.91 Å². The molecule has 0 saturated carbocycles. The number of esters is 1. The molecule has 0 aliphatic carbocycles. The molecule has 1 atom stereocenters. The second-order valence-corrected chi connectivity index (χ2v) is 3.63. The Balaban J connectivity index is 4.30. The molecule has 6 heteroatoms. The van der Waals surface area contributed by atoms with Crippen molar-refractivity contribution in [3.63, 3.8) is 0 Å². The number of carbonyl (C=O) groups excluding carboxylic acids is 2. The minimum Gasteiger partial charge on any atom is -0.480 e. The summed E-state index contributed by atoms with van der Waals surface area (Å²) < 4.78 is 4.69. The Bertz CT molecular complexity index is 373. The van der Waals surface area contributed by atoms with Crippen molar-refractivity contribution in [3.05, 3.63) is 24.3 Å². The molecule has 0 aliphatic rings. The fourth-order valence-corrected chi connectivity index (χ4v) is 1.23. The number of amides is 1. The van der Waals surface area contributed by atoms with Crippen molar-refractivity contribution < 1.29 is 24.2 Å². The van der Waals surface area contributed by atoms with Gasteiger partial charge in [-0.15, -0.1) is 0 Å². The maximum Gasteiger partial charge on any atom is 0.326 e. The van der Waals surface area contributed by atoms with E-state index in [1.54, 1.807) is 26.0 Å². The number of aliphatic carboxylic acids is 1. The van der Waals surface area contributed by atoms with E-state index in [2.05, 4.69) is 10.1 Å². The van der Waals surface area contributed by atoms with E-state index in [0.29, 0.717) is 0 Å². The zero-order valence-corrected chi connectivity index (χ0v) is 11.1. The molecular weight excluding hydrogens is 250 g/mol. The number of carbonyl (C=O) groups is 3. The minimum atomic E-state index is -1.18. The van der Waals surface area contributed by atoms with Gasteiger partial charge in [0.05, 0.1) is 6.61 Å². The first-order valence-corrected chi connectivity index (χ1v) is 5.99. The van der Waals surface area contributed by atoms with E-state index in [9.17, 15) is 14.4 Å². The number of allylic oxidation sites excluding steroid dienone is 3. The molecule has 0 radical (unpaired) electrons. The molecule has 0 spiro atoms. The van der Waals surface area contributed by atoms with Crippen LogP contribution in [0.2, 0.25) is 0 Å². The summed E-state index contributed by atoms with van der Waals surface area (Å²) in [6.07, 6.45) is 6.05. The highest BCUT2D eigenvalue weighted by Gasteiger charge is 2.20. The Morgan fingerprint density at radius 1 is 1.32 bits per heavy atom. The maximum absolute atomic E-state index is 11.4. The second kappa shape index (κ2) is 9.87. The first-order valence-electron chi connectivity index (χ1n) is 5.99. The van der Waals surface area contributed by atoms with Crippen LogP contribution in [0.4, 0.5) is 0 Å². The highest BCUT2D eigenvalue weighted by molar-refractivity contribution is 5.91. The molecule has 19 heavy (non-hydrogen) atoms. The van der Waals surface area contributed by atoms with Crippen molar-refractivity contribution in [3.8, 4) is 0 Å². The fraction of sp³-hybridized carbons (Fsp3) is 0.462. The van der Waals surface area contributed by atoms with Crippen LogP contribution in [0, 0.1) is 0 Å². The van der Waals surface area contributed by atoms with Gasteiger partial charge in [0.25, 0.3) is 0 Å². The van der Waals surface area contributed by atoms with Crippen LogP contribution in [-0.2, 0) is 19.1 Å². The molecule has 106 valence electrons. The van der Waals surface area contributed by atoms with Crippen LogP contribution in [0.1, 0.15) is 26.7 Å². The Kier molecular flexibility index (Phi) is 8.78. The first-order chi connectivity index (χ1) is 9.01. The van der Waals surface area contributed by atoms with Gasteiger partial charge < -0.3 is 15.2 Å². The number of hydrogen-bond acceptors (Lipinski definition) is 4. The van der Waals surface area contributed by atoms with Gasteiger partial charge in [-0.25, -0.2) is 4.79 Å². The topological polar surface area (TPSA) is 92.7 Å². The standard InChI is InChI=1S/C13H19NO5/c1-3-5-6-7-11(15)14-10(13(17)18)8-9-12(16)19-4-2/h3,5-7,10H,4,8-9H2,1-2H3,(H,14,15)(H,17,18)/b5-3?,7-6+/t10-/m0/s1. The third-order valence-electron chi connectivity index (χ3n) is 2.11. The van der Waals surface area contributed by atoms with Crippen molar-refractivity contribution >= 4 is 17.8 Å². The third-order valence-corrected chi connectivity index (χ3v) is 2.11. The van der Waals surface area contributed by atoms with Gasteiger partial charge in [-0.3, -0.25) is 9.59 Å². The Morgan fingerprint density at radius 2 is 2.00 bits per heavy atom. The van der Waals surface area contributed by atoms with Crippen molar-refractivity contribution in [2.45, 2.75) is 32.7 Å². The van der Waals surface area contributed by atoms with Crippen LogP contribution in [0.25, 0.3) is 0 Å². The van der Waals surface area contributed by atoms with Crippen LogP contribution in [0.5, 0.6) is 0 Å². The van der Waals surface area contributed by atoms with E-state index >= 15 is 0 Å². The molecule has 0 aromatic heterocycles. The van der Waals surface area contributed by atoms with Gasteiger partial charge in [-0.05, 0) is 20.3 Å². The number of carboxylic acids is 1. The smallest absolute Gasteiger partial charge is 0.326 e. The highest BCUT2D eigenvalue weighted by Crippen LogP contribution is 2.00. The van der Waals surface area contributed by atoms with Crippen molar-refractivity contribution in [1.29, 1.82) is 0 Å². The number of ether oxygens (including phenoxy) is 1. The summed E-state index contributed by atoms with van der Waals surface area (Å²) in [5.41, 5.74) is 0. The van der Waals surface area contributed by atoms with E-state index < -0.39 is 23.9 Å². The van der Waals surface area contributed by atoms with E-state index in [-0.39, 0.29) is 19.4 Å². The first kappa shape index (κ1) is 16.9. The maximum atomic E-state index is 11.4. The lowest BCUT2D eigenvalue weighted by molar-refractivity contribution is -0.145. The van der Waals surface area contributed by atoms with E-state index in [4.69, 9.17) is 5.11 Å². The van der Waals surface area contributed by atoms with Crippen LogP contribution in [-0.4, -0.2) is 35.6 Å². The molecule has 0 unspecified atom stereocenters. The van der Waals surface area contributed by atoms with Gasteiger partial charge in [-0.2, -0.15) is 0 Å². The predicted octanol–water partition coefficient (Wildman–Crippen LogP) is 1.03. The number of nitrogens with one attached hydrogen (secondary N) is 1. The zero-order chi connectivity index (χ0) is 14.7. The summed E-state index contributed by atoms with van der Waals surface area (Å²) in [6.45, 7) is 3.71. The molecule has 0 saturated heterocycles. The number of hydrogen-bond donors (Lipinski definition) is 2. The second-order valence-electron chi connectivity index (χ2n) is 3.63. The molecule has 0 aromatic carbocycles. The molecule has 2 N–H and O–H groups in total. The lowest BCUT2D eigenvalue weighted by atomic mass is 10.1. The molecule has 0 rings (SSSR count). The predicted molar refractivity (Wildman–Crippen MR) is 69.4 cm³/mol. The summed E-state index contributed by atoms with van der Waals surface area (Å²) in [7, 11) is 0. The van der Waals surface area contributed by atoms with Crippen LogP contribution in [0.15, 0.2) is 24.3 Å². The lowest BCUT2D eigenvalue weighted by Gasteiger charge is -2.12. The summed E-state index contributed by atoms with van der Waals surface area (Å²) in [5, 5.41) is 11.2. The Labute approximate surface area is 112 Å². The fourth-order valence-electron chi connectivity index (χ4n) is 1.23. The zero-order valence-electron chi connectivity index (χ0n) is 11.1. The molecule has 6 nitrogen and oxygen atoms in total. The lowest BCUT2D eigenvalue weighted by Crippen LogP contribution is -2.40. The van der Waals surface area contributed by atoms with E-state index in [1.807, 2.05) is 0 Å². The number of carboxylic acid groups (broad SMARTS) is 1. The van der Waals surface area contributed by atoms with Crippen LogP contribution in [0.3, 0.4) is 0 Å². The average Bonchev–Trinajstić information content (AvgIpc) is 2.34. The molecule has 0 aliphatic heterocycles. The summed E-state index contributed by atoms with van der Waals surface area (Å²) in [6, 6.07) is -1.10. The van der Waals surface area contributed by atoms with Gasteiger partial charge in [0.15, 0.2) is 0 Å². The average molecular weight is 269 g/mol. The monoisotopic (exact) mass is 269 g/mol. The summed E-state index contributed by atoms with van der Waals surface area (Å²) in [4.78, 5) is 33.4. The molecule has 1 amide bonds. The quantitative estimate of drug-likeness (QED) is 0.390. The van der Waals surface area contributed by atoms with E-state index in [0.717, 1.165) is 0 Å². The normalized spacial score (nSPS) is 12.5. The van der Waals surface area contributed by atoms with Crippen LogP contribution < -0.4 is 5.32 Å².